The van der Waals surface area contributed by atoms with Crippen LogP contribution in [0.3, 0.4) is 0 Å². The number of nitrogens with zero attached hydrogens (tertiary/aromatic N) is 1. The highest BCUT2D eigenvalue weighted by atomic mass is 28.4. The van der Waals surface area contributed by atoms with Gasteiger partial charge in [0.2, 0.25) is 0 Å². The van der Waals surface area contributed by atoms with Crippen molar-refractivity contribution in [1.29, 1.82) is 0 Å². The van der Waals surface area contributed by atoms with Gasteiger partial charge in [0.15, 0.2) is 8.32 Å². The molecular weight excluding hydrogens is 296 g/mol. The van der Waals surface area contributed by atoms with Crippen molar-refractivity contribution >= 4 is 14.4 Å². The van der Waals surface area contributed by atoms with Gasteiger partial charge in [0.05, 0.1) is 6.10 Å². The fourth-order valence-electron chi connectivity index (χ4n) is 3.40. The number of amides is 1. The quantitative estimate of drug-likeness (QED) is 0.781. The number of hydrogen-bond acceptors (Lipinski definition) is 3. The van der Waals surface area contributed by atoms with Gasteiger partial charge in [0.1, 0.15) is 0 Å². The van der Waals surface area contributed by atoms with Gasteiger partial charge in [-0.1, -0.05) is 20.8 Å². The van der Waals surface area contributed by atoms with Gasteiger partial charge in [-0.2, -0.15) is 0 Å². The highest BCUT2D eigenvalue weighted by Crippen LogP contribution is 2.40. The molecule has 0 aromatic carbocycles. The zero-order chi connectivity index (χ0) is 16.5. The predicted molar refractivity (Wildman–Crippen MR) is 90.8 cm³/mol. The lowest BCUT2D eigenvalue weighted by atomic mass is 9.88. The molecule has 0 aliphatic carbocycles. The number of nitrogens with one attached hydrogen (secondary N) is 1. The molecule has 22 heavy (non-hydrogen) atoms. The summed E-state index contributed by atoms with van der Waals surface area (Å²) in [6, 6.07) is 0.134. The van der Waals surface area contributed by atoms with E-state index in [2.05, 4.69) is 39.2 Å². The third kappa shape index (κ3) is 3.84. The summed E-state index contributed by atoms with van der Waals surface area (Å²) in [5.41, 5.74) is 0. The summed E-state index contributed by atoms with van der Waals surface area (Å²) in [6.45, 7) is 13.7. The zero-order valence-electron chi connectivity index (χ0n) is 14.7. The smallest absolute Gasteiger partial charge is 0.407 e. The maximum atomic E-state index is 11.6. The molecule has 2 rings (SSSR count). The first-order valence-electron chi connectivity index (χ1n) is 8.50. The Balaban J connectivity index is 2.05. The predicted octanol–water partition coefficient (Wildman–Crippen LogP) is 3.13. The van der Waals surface area contributed by atoms with E-state index in [1.807, 2.05) is 0 Å². The van der Waals surface area contributed by atoms with Crippen LogP contribution < -0.4 is 5.32 Å². The lowest BCUT2D eigenvalue weighted by Crippen LogP contribution is -2.45. The number of likely N-dealkylation sites (tertiary alicyclic amines) is 1. The number of rotatable bonds is 3. The Morgan fingerprint density at radius 3 is 2.36 bits per heavy atom. The van der Waals surface area contributed by atoms with Crippen LogP contribution in [0.1, 0.15) is 40.0 Å². The van der Waals surface area contributed by atoms with Crippen molar-refractivity contribution in [2.75, 3.05) is 19.6 Å². The molecule has 0 aromatic heterocycles. The molecule has 128 valence electrons. The van der Waals surface area contributed by atoms with Gasteiger partial charge in [-0.25, -0.2) is 4.79 Å². The minimum Gasteiger partial charge on any atom is -0.465 e. The summed E-state index contributed by atoms with van der Waals surface area (Å²) < 4.78 is 6.48. The fourth-order valence-corrected chi connectivity index (χ4v) is 4.76. The highest BCUT2D eigenvalue weighted by molar-refractivity contribution is 6.74. The van der Waals surface area contributed by atoms with Gasteiger partial charge >= 0.3 is 6.09 Å². The van der Waals surface area contributed by atoms with E-state index in [1.54, 1.807) is 4.90 Å². The van der Waals surface area contributed by atoms with Crippen LogP contribution in [0.25, 0.3) is 0 Å². The van der Waals surface area contributed by atoms with Crippen molar-refractivity contribution in [2.24, 2.45) is 5.92 Å². The summed E-state index contributed by atoms with van der Waals surface area (Å²) in [5, 5.41) is 13.1. The molecular formula is C16H32N2O3Si. The molecule has 0 unspecified atom stereocenters. The first-order valence-corrected chi connectivity index (χ1v) is 11.4. The Hall–Kier alpha value is -0.593. The first kappa shape index (κ1) is 17.8. The molecule has 1 amide bonds. The summed E-state index contributed by atoms with van der Waals surface area (Å²) in [7, 11) is -1.85. The van der Waals surface area contributed by atoms with Gasteiger partial charge in [-0.15, -0.1) is 0 Å². The Morgan fingerprint density at radius 2 is 1.86 bits per heavy atom. The largest absolute Gasteiger partial charge is 0.465 e. The van der Waals surface area contributed by atoms with Crippen molar-refractivity contribution in [3.8, 4) is 0 Å². The Labute approximate surface area is 135 Å². The summed E-state index contributed by atoms with van der Waals surface area (Å²) >= 11 is 0. The van der Waals surface area contributed by atoms with Gasteiger partial charge in [0, 0.05) is 12.6 Å². The highest BCUT2D eigenvalue weighted by Gasteiger charge is 2.45. The maximum Gasteiger partial charge on any atom is 0.407 e. The van der Waals surface area contributed by atoms with Crippen molar-refractivity contribution in [3.63, 3.8) is 0 Å². The number of carbonyl (C=O) groups is 1. The van der Waals surface area contributed by atoms with E-state index < -0.39 is 14.4 Å². The summed E-state index contributed by atoms with van der Waals surface area (Å²) in [5.74, 6) is 0.477. The van der Waals surface area contributed by atoms with Crippen LogP contribution in [-0.4, -0.2) is 56.2 Å². The normalized spacial score (nSPS) is 28.1. The number of carboxylic acid groups (broad SMARTS) is 1. The maximum absolute atomic E-state index is 11.6. The van der Waals surface area contributed by atoms with Gasteiger partial charge in [-0.3, -0.25) is 0 Å². The second-order valence-corrected chi connectivity index (χ2v) is 13.1. The van der Waals surface area contributed by atoms with E-state index >= 15 is 0 Å². The van der Waals surface area contributed by atoms with Crippen molar-refractivity contribution < 1.29 is 14.3 Å². The zero-order valence-corrected chi connectivity index (χ0v) is 15.7. The number of hydrogen-bond donors (Lipinski definition) is 2. The standard InChI is InChI=1S/C16H32N2O3Si/c1-16(2,3)22(4,5)21-13-10-14(18(11-13)15(19)20)12-6-8-17-9-7-12/h12-14,17H,6-11H2,1-5H3,(H,19,20)/t13-,14+/m1/s1. The molecule has 2 heterocycles. The molecule has 2 aliphatic rings. The Kier molecular flexibility index (Phi) is 5.24. The first-order chi connectivity index (χ1) is 10.1. The molecule has 2 aliphatic heterocycles. The van der Waals surface area contributed by atoms with Gasteiger partial charge in [0.25, 0.3) is 0 Å². The lowest BCUT2D eigenvalue weighted by Gasteiger charge is -2.38. The third-order valence-corrected chi connectivity index (χ3v) is 10.3. The van der Waals surface area contributed by atoms with E-state index in [4.69, 9.17) is 4.43 Å². The van der Waals surface area contributed by atoms with Crippen molar-refractivity contribution in [2.45, 2.75) is 70.3 Å². The Bertz CT molecular complexity index is 403. The van der Waals surface area contributed by atoms with E-state index in [9.17, 15) is 9.90 Å². The minimum absolute atomic E-state index is 0.0666. The summed E-state index contributed by atoms with van der Waals surface area (Å²) in [4.78, 5) is 13.3. The molecule has 0 spiro atoms. The lowest BCUT2D eigenvalue weighted by molar-refractivity contribution is 0.115. The second kappa shape index (κ2) is 6.49. The molecule has 6 heteroatoms. The van der Waals surface area contributed by atoms with Crippen LogP contribution in [0.5, 0.6) is 0 Å². The van der Waals surface area contributed by atoms with Crippen LogP contribution in [0.2, 0.25) is 18.1 Å². The molecule has 2 saturated heterocycles. The molecule has 0 aromatic rings. The second-order valence-electron chi connectivity index (χ2n) is 8.33. The minimum atomic E-state index is -1.85. The molecule has 0 saturated carbocycles. The fraction of sp³-hybridized carbons (Fsp3) is 0.938. The molecule has 0 bridgehead atoms. The van der Waals surface area contributed by atoms with Crippen LogP contribution in [0, 0.1) is 5.92 Å². The molecule has 0 radical (unpaired) electrons. The molecule has 5 nitrogen and oxygen atoms in total. The summed E-state index contributed by atoms with van der Waals surface area (Å²) in [6.07, 6.45) is 2.29. The topological polar surface area (TPSA) is 61.8 Å². The van der Waals surface area contributed by atoms with E-state index in [1.165, 1.54) is 0 Å². The average Bonchev–Trinajstić information content (AvgIpc) is 2.82. The van der Waals surface area contributed by atoms with Crippen molar-refractivity contribution in [1.82, 2.24) is 10.2 Å². The number of piperidine rings is 1. The van der Waals surface area contributed by atoms with Crippen molar-refractivity contribution in [3.05, 3.63) is 0 Å². The van der Waals surface area contributed by atoms with Crippen LogP contribution in [0.15, 0.2) is 0 Å². The van der Waals surface area contributed by atoms with Crippen LogP contribution >= 0.6 is 0 Å². The average molecular weight is 329 g/mol. The van der Waals surface area contributed by atoms with Gasteiger partial charge < -0.3 is 19.7 Å². The van der Waals surface area contributed by atoms with E-state index in [0.29, 0.717) is 12.5 Å². The van der Waals surface area contributed by atoms with Crippen LogP contribution in [0.4, 0.5) is 4.79 Å². The van der Waals surface area contributed by atoms with Crippen LogP contribution in [-0.2, 0) is 4.43 Å². The Morgan fingerprint density at radius 1 is 1.27 bits per heavy atom. The third-order valence-electron chi connectivity index (χ3n) is 5.75. The molecule has 2 atom stereocenters. The monoisotopic (exact) mass is 328 g/mol. The SMILES string of the molecule is CC(C)(C)[Si](C)(C)O[C@@H]1C[C@@H](C2CCNCC2)N(C(=O)O)C1. The molecule has 2 fully saturated rings. The molecule has 2 N–H and O–H groups in total. The van der Waals surface area contributed by atoms with E-state index in [-0.39, 0.29) is 17.2 Å². The van der Waals surface area contributed by atoms with Gasteiger partial charge in [-0.05, 0) is 56.4 Å². The van der Waals surface area contributed by atoms with E-state index in [0.717, 1.165) is 32.4 Å².